The maximum atomic E-state index is 5.46. The Labute approximate surface area is 50.6 Å². The maximum absolute atomic E-state index is 5.46. The van der Waals surface area contributed by atoms with Crippen LogP contribution in [-0.4, -0.2) is 6.54 Å². The average Bonchev–Trinajstić information content (AvgIpc) is 2.14. The van der Waals surface area contributed by atoms with Crippen molar-refractivity contribution in [3.63, 3.8) is 0 Å². The third-order valence-electron chi connectivity index (χ3n) is 1.74. The van der Waals surface area contributed by atoms with Crippen LogP contribution in [0.4, 0.5) is 0 Å². The van der Waals surface area contributed by atoms with Gasteiger partial charge in [-0.3, -0.25) is 0 Å². The van der Waals surface area contributed by atoms with E-state index < -0.39 is 0 Å². The number of hydrogen-bond donors (Lipinski definition) is 1. The van der Waals surface area contributed by atoms with Crippen LogP contribution in [0.15, 0.2) is 11.6 Å². The number of allylic oxidation sites excluding steroid dienone is 2. The Bertz CT molecular complexity index is 105. The third kappa shape index (κ3) is 1.10. The van der Waals surface area contributed by atoms with Gasteiger partial charge in [0.25, 0.3) is 0 Å². The zero-order chi connectivity index (χ0) is 5.98. The molecule has 0 heterocycles. The highest BCUT2D eigenvalue weighted by atomic mass is 14.5. The van der Waals surface area contributed by atoms with Crippen LogP contribution in [0.25, 0.3) is 0 Å². The van der Waals surface area contributed by atoms with E-state index in [-0.39, 0.29) is 0 Å². The first-order valence-corrected chi connectivity index (χ1v) is 3.18. The summed E-state index contributed by atoms with van der Waals surface area (Å²) in [5.41, 5.74) is 6.98. The SMILES string of the molecule is CC1=CCC(CN)C1. The van der Waals surface area contributed by atoms with Crippen LogP contribution in [0.1, 0.15) is 19.8 Å². The minimum absolute atomic E-state index is 0.759. The minimum Gasteiger partial charge on any atom is -0.330 e. The summed E-state index contributed by atoms with van der Waals surface area (Å²) < 4.78 is 0. The van der Waals surface area contributed by atoms with Gasteiger partial charge in [0, 0.05) is 0 Å². The van der Waals surface area contributed by atoms with Crippen molar-refractivity contribution < 1.29 is 0 Å². The van der Waals surface area contributed by atoms with Crippen LogP contribution in [0.5, 0.6) is 0 Å². The van der Waals surface area contributed by atoms with Crippen LogP contribution < -0.4 is 5.73 Å². The van der Waals surface area contributed by atoms with Gasteiger partial charge in [0.2, 0.25) is 0 Å². The van der Waals surface area contributed by atoms with Gasteiger partial charge < -0.3 is 5.73 Å². The van der Waals surface area contributed by atoms with Gasteiger partial charge >= 0.3 is 0 Å². The van der Waals surface area contributed by atoms with Crippen LogP contribution in [-0.2, 0) is 0 Å². The lowest BCUT2D eigenvalue weighted by Gasteiger charge is -2.02. The van der Waals surface area contributed by atoms with Crippen molar-refractivity contribution >= 4 is 0 Å². The first-order valence-electron chi connectivity index (χ1n) is 3.18. The molecular weight excluding hydrogens is 98.1 g/mol. The molecule has 1 rings (SSSR count). The molecule has 0 amide bonds. The average molecular weight is 111 g/mol. The molecule has 0 aromatic carbocycles. The maximum Gasteiger partial charge on any atom is -0.00428 e. The van der Waals surface area contributed by atoms with Crippen LogP contribution in [0, 0.1) is 5.92 Å². The normalized spacial score (nSPS) is 28.2. The Balaban J connectivity index is 2.32. The van der Waals surface area contributed by atoms with Gasteiger partial charge in [0.05, 0.1) is 0 Å². The molecule has 46 valence electrons. The zero-order valence-corrected chi connectivity index (χ0v) is 5.35. The molecule has 1 unspecified atom stereocenters. The molecule has 0 aliphatic heterocycles. The molecule has 0 fully saturated rings. The van der Waals surface area contributed by atoms with Crippen molar-refractivity contribution in [3.8, 4) is 0 Å². The van der Waals surface area contributed by atoms with Gasteiger partial charge in [-0.05, 0) is 32.2 Å². The van der Waals surface area contributed by atoms with E-state index in [2.05, 4.69) is 13.0 Å². The molecule has 8 heavy (non-hydrogen) atoms. The van der Waals surface area contributed by atoms with Crippen molar-refractivity contribution in [3.05, 3.63) is 11.6 Å². The van der Waals surface area contributed by atoms with Crippen molar-refractivity contribution in [2.24, 2.45) is 11.7 Å². The van der Waals surface area contributed by atoms with E-state index in [0.29, 0.717) is 0 Å². The minimum atomic E-state index is 0.759. The Kier molecular flexibility index (Phi) is 1.69. The lowest BCUT2D eigenvalue weighted by atomic mass is 10.1. The number of hydrogen-bond acceptors (Lipinski definition) is 1. The molecule has 0 saturated heterocycles. The van der Waals surface area contributed by atoms with Crippen LogP contribution in [0.2, 0.25) is 0 Å². The second kappa shape index (κ2) is 2.31. The molecule has 0 radical (unpaired) electrons. The fraction of sp³-hybridized carbons (Fsp3) is 0.714. The summed E-state index contributed by atoms with van der Waals surface area (Å²) in [7, 11) is 0. The smallest absolute Gasteiger partial charge is 0.00428 e. The van der Waals surface area contributed by atoms with E-state index in [4.69, 9.17) is 5.73 Å². The largest absolute Gasteiger partial charge is 0.330 e. The van der Waals surface area contributed by atoms with E-state index in [0.717, 1.165) is 12.5 Å². The molecule has 1 nitrogen and oxygen atoms in total. The Morgan fingerprint density at radius 1 is 1.88 bits per heavy atom. The molecule has 0 saturated carbocycles. The molecule has 1 heteroatoms. The van der Waals surface area contributed by atoms with Crippen LogP contribution in [0.3, 0.4) is 0 Å². The van der Waals surface area contributed by atoms with Crippen molar-refractivity contribution in [2.45, 2.75) is 19.8 Å². The van der Waals surface area contributed by atoms with Gasteiger partial charge in [-0.25, -0.2) is 0 Å². The predicted octanol–water partition coefficient (Wildman–Crippen LogP) is 1.30. The molecule has 2 N–H and O–H groups in total. The Morgan fingerprint density at radius 3 is 2.88 bits per heavy atom. The molecule has 1 atom stereocenters. The van der Waals surface area contributed by atoms with E-state index >= 15 is 0 Å². The Hall–Kier alpha value is -0.300. The van der Waals surface area contributed by atoms with Gasteiger partial charge in [0.1, 0.15) is 0 Å². The lowest BCUT2D eigenvalue weighted by molar-refractivity contribution is 0.576. The molecule has 0 spiro atoms. The predicted molar refractivity (Wildman–Crippen MR) is 35.5 cm³/mol. The summed E-state index contributed by atoms with van der Waals surface area (Å²) in [6.45, 7) is 3.03. The van der Waals surface area contributed by atoms with E-state index in [1.807, 2.05) is 0 Å². The molecule has 1 aliphatic rings. The summed E-state index contributed by atoms with van der Waals surface area (Å²) in [6, 6.07) is 0. The molecule has 0 aromatic heterocycles. The fourth-order valence-corrected chi connectivity index (χ4v) is 1.17. The summed E-state index contributed by atoms with van der Waals surface area (Å²) >= 11 is 0. The van der Waals surface area contributed by atoms with Crippen molar-refractivity contribution in [2.75, 3.05) is 6.54 Å². The van der Waals surface area contributed by atoms with Gasteiger partial charge in [-0.1, -0.05) is 11.6 Å². The molecule has 1 aliphatic carbocycles. The summed E-state index contributed by atoms with van der Waals surface area (Å²) in [5.74, 6) is 0.759. The highest BCUT2D eigenvalue weighted by molar-refractivity contribution is 5.06. The topological polar surface area (TPSA) is 26.0 Å². The first-order chi connectivity index (χ1) is 3.83. The van der Waals surface area contributed by atoms with E-state index in [1.165, 1.54) is 18.4 Å². The van der Waals surface area contributed by atoms with Crippen molar-refractivity contribution in [1.29, 1.82) is 0 Å². The standard InChI is InChI=1S/C7H13N/c1-6-2-3-7(4-6)5-8/h2,7H,3-5,8H2,1H3. The molecular formula is C7H13N. The summed E-state index contributed by atoms with van der Waals surface area (Å²) in [4.78, 5) is 0. The third-order valence-corrected chi connectivity index (χ3v) is 1.74. The quantitative estimate of drug-likeness (QED) is 0.507. The lowest BCUT2D eigenvalue weighted by Crippen LogP contribution is -2.10. The number of rotatable bonds is 1. The zero-order valence-electron chi connectivity index (χ0n) is 5.35. The highest BCUT2D eigenvalue weighted by Gasteiger charge is 2.10. The van der Waals surface area contributed by atoms with Gasteiger partial charge in [-0.2, -0.15) is 0 Å². The van der Waals surface area contributed by atoms with Gasteiger partial charge in [0.15, 0.2) is 0 Å². The monoisotopic (exact) mass is 111 g/mol. The second-order valence-corrected chi connectivity index (χ2v) is 2.59. The highest BCUT2D eigenvalue weighted by Crippen LogP contribution is 2.22. The van der Waals surface area contributed by atoms with Crippen molar-refractivity contribution in [1.82, 2.24) is 0 Å². The first kappa shape index (κ1) is 5.83. The van der Waals surface area contributed by atoms with E-state index in [9.17, 15) is 0 Å². The number of nitrogens with two attached hydrogens (primary N) is 1. The van der Waals surface area contributed by atoms with Gasteiger partial charge in [-0.15, -0.1) is 0 Å². The van der Waals surface area contributed by atoms with E-state index in [1.54, 1.807) is 0 Å². The van der Waals surface area contributed by atoms with Crippen LogP contribution >= 0.6 is 0 Å². The second-order valence-electron chi connectivity index (χ2n) is 2.59. The fourth-order valence-electron chi connectivity index (χ4n) is 1.17. The summed E-state index contributed by atoms with van der Waals surface area (Å²) in [6.07, 6.45) is 4.73. The summed E-state index contributed by atoms with van der Waals surface area (Å²) in [5, 5.41) is 0. The molecule has 0 bridgehead atoms. The Morgan fingerprint density at radius 2 is 2.62 bits per heavy atom. The molecule has 0 aromatic rings.